The fraction of sp³-hybridized carbons (Fsp3) is 0.579. The van der Waals surface area contributed by atoms with Gasteiger partial charge >= 0.3 is 5.97 Å². The van der Waals surface area contributed by atoms with E-state index in [2.05, 4.69) is 0 Å². The maximum atomic E-state index is 12.8. The molecule has 1 atom stereocenters. The molecule has 1 amide bonds. The molecule has 0 aliphatic heterocycles. The van der Waals surface area contributed by atoms with Crippen molar-refractivity contribution in [2.45, 2.75) is 40.2 Å². The van der Waals surface area contributed by atoms with Crippen molar-refractivity contribution in [2.24, 2.45) is 11.8 Å². The number of ether oxygens (including phenoxy) is 2. The van der Waals surface area contributed by atoms with Crippen molar-refractivity contribution in [3.05, 3.63) is 29.8 Å². The van der Waals surface area contributed by atoms with Gasteiger partial charge in [-0.2, -0.15) is 0 Å². The number of hydrogen-bond donors (Lipinski definition) is 0. The Morgan fingerprint density at radius 3 is 2.12 bits per heavy atom. The molecule has 134 valence electrons. The van der Waals surface area contributed by atoms with E-state index in [-0.39, 0.29) is 23.7 Å². The molecule has 1 aromatic carbocycles. The first-order chi connectivity index (χ1) is 11.5. The van der Waals surface area contributed by atoms with Crippen molar-refractivity contribution >= 4 is 11.9 Å². The minimum Gasteiger partial charge on any atom is -0.497 e. The van der Waals surface area contributed by atoms with E-state index < -0.39 is 0 Å². The van der Waals surface area contributed by atoms with Gasteiger partial charge in [0.2, 0.25) is 5.91 Å². The van der Waals surface area contributed by atoms with Gasteiger partial charge in [0.15, 0.2) is 0 Å². The quantitative estimate of drug-likeness (QED) is 0.650. The van der Waals surface area contributed by atoms with Crippen LogP contribution in [0.2, 0.25) is 0 Å². The van der Waals surface area contributed by atoms with Crippen molar-refractivity contribution in [1.29, 1.82) is 0 Å². The Kier molecular flexibility index (Phi) is 8.30. The molecule has 1 aromatic rings. The van der Waals surface area contributed by atoms with Gasteiger partial charge in [-0.05, 0) is 30.5 Å². The largest absolute Gasteiger partial charge is 0.497 e. The summed E-state index contributed by atoms with van der Waals surface area (Å²) in [7, 11) is 2.99. The van der Waals surface area contributed by atoms with E-state index in [9.17, 15) is 9.59 Å². The fourth-order valence-corrected chi connectivity index (χ4v) is 2.69. The lowest BCUT2D eigenvalue weighted by Gasteiger charge is -2.28. The summed E-state index contributed by atoms with van der Waals surface area (Å²) >= 11 is 0. The summed E-state index contributed by atoms with van der Waals surface area (Å²) in [5.41, 5.74) is 1.01. The molecule has 0 radical (unpaired) electrons. The Balaban J connectivity index is 2.93. The van der Waals surface area contributed by atoms with Crippen LogP contribution in [0, 0.1) is 11.8 Å². The lowest BCUT2D eigenvalue weighted by molar-refractivity contribution is -0.147. The van der Waals surface area contributed by atoms with Crippen molar-refractivity contribution in [3.63, 3.8) is 0 Å². The number of rotatable bonds is 9. The maximum Gasteiger partial charge on any atom is 0.310 e. The molecule has 0 fully saturated rings. The van der Waals surface area contributed by atoms with E-state index in [0.717, 1.165) is 24.2 Å². The van der Waals surface area contributed by atoms with Crippen molar-refractivity contribution in [1.82, 2.24) is 4.90 Å². The molecular weight excluding hydrogens is 306 g/mol. The molecule has 0 bridgehead atoms. The molecule has 0 saturated heterocycles. The second-order valence-electron chi connectivity index (χ2n) is 6.00. The highest BCUT2D eigenvalue weighted by Gasteiger charge is 2.25. The van der Waals surface area contributed by atoms with Gasteiger partial charge < -0.3 is 14.4 Å². The van der Waals surface area contributed by atoms with Crippen LogP contribution in [0.25, 0.3) is 0 Å². The van der Waals surface area contributed by atoms with Gasteiger partial charge in [-0.15, -0.1) is 0 Å². The van der Waals surface area contributed by atoms with Gasteiger partial charge in [-0.25, -0.2) is 0 Å². The second kappa shape index (κ2) is 9.96. The molecule has 5 nitrogen and oxygen atoms in total. The van der Waals surface area contributed by atoms with Crippen LogP contribution in [0.1, 0.15) is 39.2 Å². The predicted molar refractivity (Wildman–Crippen MR) is 93.7 cm³/mol. The molecular formula is C19H29NO4. The number of benzene rings is 1. The number of amides is 1. The topological polar surface area (TPSA) is 55.8 Å². The third-order valence-electron chi connectivity index (χ3n) is 4.28. The summed E-state index contributed by atoms with van der Waals surface area (Å²) in [4.78, 5) is 26.3. The number of hydrogen-bond acceptors (Lipinski definition) is 4. The third-order valence-corrected chi connectivity index (χ3v) is 4.28. The maximum absolute atomic E-state index is 12.8. The third kappa shape index (κ3) is 5.55. The summed E-state index contributed by atoms with van der Waals surface area (Å²) in [5.74, 6) is 0.192. The van der Waals surface area contributed by atoms with Crippen molar-refractivity contribution < 1.29 is 19.1 Å². The first-order valence-electron chi connectivity index (χ1n) is 8.46. The van der Waals surface area contributed by atoms with Gasteiger partial charge in [0, 0.05) is 19.0 Å². The van der Waals surface area contributed by atoms with E-state index in [0.29, 0.717) is 13.1 Å². The monoisotopic (exact) mass is 335 g/mol. The van der Waals surface area contributed by atoms with E-state index in [4.69, 9.17) is 9.47 Å². The number of esters is 1. The number of nitrogens with zero attached hydrogens (tertiary/aromatic N) is 1. The highest BCUT2D eigenvalue weighted by Crippen LogP contribution is 2.18. The summed E-state index contributed by atoms with van der Waals surface area (Å²) in [5, 5.41) is 0. The molecule has 0 saturated carbocycles. The molecule has 5 heteroatoms. The van der Waals surface area contributed by atoms with Crippen LogP contribution >= 0.6 is 0 Å². The SMILES string of the molecule is CCC(CC)C(=O)N(Cc1ccc(OC)cc1)CC(C)C(=O)OC. The van der Waals surface area contributed by atoms with E-state index in [1.54, 1.807) is 18.9 Å². The summed E-state index contributed by atoms with van der Waals surface area (Å²) < 4.78 is 9.96. The molecule has 1 rings (SSSR count). The Bertz CT molecular complexity index is 523. The van der Waals surface area contributed by atoms with Crippen LogP contribution in [-0.2, 0) is 20.9 Å². The first-order valence-corrected chi connectivity index (χ1v) is 8.46. The molecule has 0 heterocycles. The van der Waals surface area contributed by atoms with Crippen molar-refractivity contribution in [2.75, 3.05) is 20.8 Å². The summed E-state index contributed by atoms with van der Waals surface area (Å²) in [6, 6.07) is 7.63. The molecule has 0 N–H and O–H groups in total. The molecule has 0 aromatic heterocycles. The summed E-state index contributed by atoms with van der Waals surface area (Å²) in [6.45, 7) is 6.64. The second-order valence-corrected chi connectivity index (χ2v) is 6.00. The van der Waals surface area contributed by atoms with Gasteiger partial charge in [0.1, 0.15) is 5.75 Å². The van der Waals surface area contributed by atoms with Gasteiger partial charge in [-0.1, -0.05) is 32.9 Å². The molecule has 24 heavy (non-hydrogen) atoms. The highest BCUT2D eigenvalue weighted by atomic mass is 16.5. The van der Waals surface area contributed by atoms with Crippen LogP contribution < -0.4 is 4.74 Å². The lowest BCUT2D eigenvalue weighted by Crippen LogP contribution is -2.40. The van der Waals surface area contributed by atoms with Gasteiger partial charge in [0.05, 0.1) is 20.1 Å². The van der Waals surface area contributed by atoms with Crippen LogP contribution in [0.3, 0.4) is 0 Å². The fourth-order valence-electron chi connectivity index (χ4n) is 2.69. The minimum absolute atomic E-state index is 0.0203. The molecule has 0 aliphatic rings. The van der Waals surface area contributed by atoms with Crippen LogP contribution in [0.4, 0.5) is 0 Å². The average Bonchev–Trinajstić information content (AvgIpc) is 2.61. The molecule has 0 spiro atoms. The number of methoxy groups -OCH3 is 2. The van der Waals surface area contributed by atoms with Crippen LogP contribution in [0.15, 0.2) is 24.3 Å². The Morgan fingerprint density at radius 1 is 1.08 bits per heavy atom. The Morgan fingerprint density at radius 2 is 1.67 bits per heavy atom. The normalized spacial score (nSPS) is 11.9. The van der Waals surface area contributed by atoms with Crippen LogP contribution in [0.5, 0.6) is 5.75 Å². The number of carbonyl (C=O) groups excluding carboxylic acids is 2. The Hall–Kier alpha value is -2.04. The zero-order chi connectivity index (χ0) is 18.1. The number of carbonyl (C=O) groups is 2. The molecule has 0 aliphatic carbocycles. The average molecular weight is 335 g/mol. The highest BCUT2D eigenvalue weighted by molar-refractivity contribution is 5.80. The van der Waals surface area contributed by atoms with Crippen molar-refractivity contribution in [3.8, 4) is 5.75 Å². The van der Waals surface area contributed by atoms with E-state index in [1.807, 2.05) is 38.1 Å². The lowest BCUT2D eigenvalue weighted by atomic mass is 10.00. The zero-order valence-corrected chi connectivity index (χ0v) is 15.4. The zero-order valence-electron chi connectivity index (χ0n) is 15.4. The molecule has 1 unspecified atom stereocenters. The minimum atomic E-state index is -0.355. The first kappa shape index (κ1) is 20.0. The van der Waals surface area contributed by atoms with E-state index >= 15 is 0 Å². The van der Waals surface area contributed by atoms with Gasteiger partial charge in [0.25, 0.3) is 0 Å². The van der Waals surface area contributed by atoms with E-state index in [1.165, 1.54) is 7.11 Å². The standard InChI is InChI=1S/C19H29NO4/c1-6-16(7-2)18(21)20(12-14(3)19(22)24-5)13-15-8-10-17(23-4)11-9-15/h8-11,14,16H,6-7,12-13H2,1-5H3. The predicted octanol–water partition coefficient (Wildman–Crippen LogP) is 3.27. The Labute approximate surface area is 144 Å². The summed E-state index contributed by atoms with van der Waals surface area (Å²) in [6.07, 6.45) is 1.59. The smallest absolute Gasteiger partial charge is 0.310 e. The van der Waals surface area contributed by atoms with Gasteiger partial charge in [-0.3, -0.25) is 9.59 Å². The van der Waals surface area contributed by atoms with Crippen LogP contribution in [-0.4, -0.2) is 37.5 Å².